The lowest BCUT2D eigenvalue weighted by molar-refractivity contribution is -0.122. The van der Waals surface area contributed by atoms with Crippen molar-refractivity contribution in [1.29, 1.82) is 0 Å². The van der Waals surface area contributed by atoms with Gasteiger partial charge in [-0.2, -0.15) is 0 Å². The molecule has 1 saturated heterocycles. The number of carbonyl (C=O) groups excluding carboxylic acids is 1. The summed E-state index contributed by atoms with van der Waals surface area (Å²) in [6, 6.07) is 6.24. The van der Waals surface area contributed by atoms with E-state index in [2.05, 4.69) is 10.2 Å². The van der Waals surface area contributed by atoms with Crippen LogP contribution in [0.2, 0.25) is 0 Å². The second-order valence-corrected chi connectivity index (χ2v) is 5.12. The van der Waals surface area contributed by atoms with E-state index in [1.165, 1.54) is 12.1 Å². The Morgan fingerprint density at radius 3 is 2.70 bits per heavy atom. The molecular formula is C14H21ClFN3O. The van der Waals surface area contributed by atoms with Gasteiger partial charge in [-0.15, -0.1) is 12.4 Å². The zero-order chi connectivity index (χ0) is 13.8. The highest BCUT2D eigenvalue weighted by Gasteiger charge is 2.21. The van der Waals surface area contributed by atoms with E-state index in [1.807, 2.05) is 6.92 Å². The number of benzene rings is 1. The van der Waals surface area contributed by atoms with E-state index in [-0.39, 0.29) is 36.2 Å². The number of hydrogen-bond acceptors (Lipinski definition) is 3. The van der Waals surface area contributed by atoms with Gasteiger partial charge < -0.3 is 11.1 Å². The SMILES string of the molecule is CC(NC(=O)CN1CCC(N)C1)c1ccc(F)cc1.Cl. The van der Waals surface area contributed by atoms with Crippen LogP contribution < -0.4 is 11.1 Å². The Morgan fingerprint density at radius 2 is 2.15 bits per heavy atom. The van der Waals surface area contributed by atoms with Crippen molar-refractivity contribution in [3.8, 4) is 0 Å². The molecule has 2 unspecified atom stereocenters. The summed E-state index contributed by atoms with van der Waals surface area (Å²) in [4.78, 5) is 13.9. The summed E-state index contributed by atoms with van der Waals surface area (Å²) in [5.41, 5.74) is 6.69. The minimum absolute atomic E-state index is 0. The van der Waals surface area contributed by atoms with Crippen LogP contribution in [0.1, 0.15) is 24.9 Å². The van der Waals surface area contributed by atoms with E-state index in [9.17, 15) is 9.18 Å². The van der Waals surface area contributed by atoms with Crippen LogP contribution in [0.4, 0.5) is 4.39 Å². The second kappa shape index (κ2) is 7.57. The number of nitrogens with one attached hydrogen (secondary N) is 1. The molecule has 2 atom stereocenters. The van der Waals surface area contributed by atoms with Crippen LogP contribution in [0.25, 0.3) is 0 Å². The number of halogens is 2. The Morgan fingerprint density at radius 1 is 1.50 bits per heavy atom. The van der Waals surface area contributed by atoms with Crippen molar-refractivity contribution < 1.29 is 9.18 Å². The maximum atomic E-state index is 12.8. The molecule has 0 aromatic heterocycles. The first kappa shape index (κ1) is 16.9. The van der Waals surface area contributed by atoms with Crippen molar-refractivity contribution in [2.45, 2.75) is 25.4 Å². The summed E-state index contributed by atoms with van der Waals surface area (Å²) >= 11 is 0. The predicted octanol–water partition coefficient (Wildman–Crippen LogP) is 1.46. The Bertz CT molecular complexity index is 441. The first-order valence-electron chi connectivity index (χ1n) is 6.57. The maximum Gasteiger partial charge on any atom is 0.234 e. The number of carbonyl (C=O) groups is 1. The molecule has 1 aromatic rings. The van der Waals surface area contributed by atoms with Gasteiger partial charge in [0.1, 0.15) is 5.82 Å². The summed E-state index contributed by atoms with van der Waals surface area (Å²) in [6.07, 6.45) is 0.945. The third kappa shape index (κ3) is 4.74. The molecule has 0 aliphatic carbocycles. The minimum Gasteiger partial charge on any atom is -0.348 e. The molecule has 0 bridgehead atoms. The van der Waals surface area contributed by atoms with Gasteiger partial charge in [0.15, 0.2) is 0 Å². The summed E-state index contributed by atoms with van der Waals surface area (Å²) in [6.45, 7) is 3.91. The topological polar surface area (TPSA) is 58.4 Å². The molecule has 1 aromatic carbocycles. The van der Waals surface area contributed by atoms with Crippen molar-refractivity contribution in [2.24, 2.45) is 5.73 Å². The highest BCUT2D eigenvalue weighted by Crippen LogP contribution is 2.13. The molecule has 1 heterocycles. The van der Waals surface area contributed by atoms with Crippen molar-refractivity contribution in [3.05, 3.63) is 35.6 Å². The van der Waals surface area contributed by atoms with Crippen molar-refractivity contribution in [3.63, 3.8) is 0 Å². The van der Waals surface area contributed by atoms with E-state index in [1.54, 1.807) is 12.1 Å². The smallest absolute Gasteiger partial charge is 0.234 e. The fourth-order valence-corrected chi connectivity index (χ4v) is 2.33. The summed E-state index contributed by atoms with van der Waals surface area (Å²) in [5.74, 6) is -0.292. The molecule has 20 heavy (non-hydrogen) atoms. The molecule has 3 N–H and O–H groups in total. The Labute approximate surface area is 124 Å². The molecule has 1 amide bonds. The van der Waals surface area contributed by atoms with Crippen LogP contribution in [0.3, 0.4) is 0 Å². The van der Waals surface area contributed by atoms with E-state index >= 15 is 0 Å². The highest BCUT2D eigenvalue weighted by atomic mass is 35.5. The van der Waals surface area contributed by atoms with Gasteiger partial charge in [-0.1, -0.05) is 12.1 Å². The van der Waals surface area contributed by atoms with Gasteiger partial charge in [0.2, 0.25) is 5.91 Å². The lowest BCUT2D eigenvalue weighted by Crippen LogP contribution is -2.38. The monoisotopic (exact) mass is 301 g/mol. The molecule has 0 radical (unpaired) electrons. The second-order valence-electron chi connectivity index (χ2n) is 5.12. The fraction of sp³-hybridized carbons (Fsp3) is 0.500. The Hall–Kier alpha value is -1.17. The third-order valence-corrected chi connectivity index (χ3v) is 3.42. The van der Waals surface area contributed by atoms with Gasteiger partial charge in [0, 0.05) is 19.1 Å². The Balaban J connectivity index is 0.00000200. The maximum absolute atomic E-state index is 12.8. The van der Waals surface area contributed by atoms with Crippen molar-refractivity contribution in [1.82, 2.24) is 10.2 Å². The zero-order valence-electron chi connectivity index (χ0n) is 11.5. The van der Waals surface area contributed by atoms with E-state index in [4.69, 9.17) is 5.73 Å². The fourth-order valence-electron chi connectivity index (χ4n) is 2.33. The molecule has 0 saturated carbocycles. The van der Waals surface area contributed by atoms with Crippen LogP contribution in [-0.4, -0.2) is 36.5 Å². The largest absolute Gasteiger partial charge is 0.348 e. The summed E-state index contributed by atoms with van der Waals surface area (Å²) in [5, 5.41) is 2.91. The zero-order valence-corrected chi connectivity index (χ0v) is 12.3. The van der Waals surface area contributed by atoms with Crippen molar-refractivity contribution >= 4 is 18.3 Å². The summed E-state index contributed by atoms with van der Waals surface area (Å²) in [7, 11) is 0. The van der Waals surface area contributed by atoms with Crippen LogP contribution in [0.15, 0.2) is 24.3 Å². The molecule has 1 fully saturated rings. The normalized spacial score (nSPS) is 20.2. The molecule has 6 heteroatoms. The Kier molecular flexibility index (Phi) is 6.39. The number of nitrogens with two attached hydrogens (primary N) is 1. The number of rotatable bonds is 4. The number of likely N-dealkylation sites (tertiary alicyclic amines) is 1. The van der Waals surface area contributed by atoms with Gasteiger partial charge in [-0.05, 0) is 31.0 Å². The molecule has 4 nitrogen and oxygen atoms in total. The summed E-state index contributed by atoms with van der Waals surface area (Å²) < 4.78 is 12.8. The average Bonchev–Trinajstić information content (AvgIpc) is 2.75. The van der Waals surface area contributed by atoms with Gasteiger partial charge in [0.25, 0.3) is 0 Å². The quantitative estimate of drug-likeness (QED) is 0.885. The first-order valence-corrected chi connectivity index (χ1v) is 6.57. The molecule has 112 valence electrons. The van der Waals surface area contributed by atoms with E-state index in [0.29, 0.717) is 6.54 Å². The highest BCUT2D eigenvalue weighted by molar-refractivity contribution is 5.85. The average molecular weight is 302 g/mol. The lowest BCUT2D eigenvalue weighted by Gasteiger charge is -2.18. The third-order valence-electron chi connectivity index (χ3n) is 3.42. The predicted molar refractivity (Wildman–Crippen MR) is 79.2 cm³/mol. The number of hydrogen-bond donors (Lipinski definition) is 2. The lowest BCUT2D eigenvalue weighted by atomic mass is 10.1. The number of nitrogens with zero attached hydrogens (tertiary/aromatic N) is 1. The van der Waals surface area contributed by atoms with Crippen LogP contribution in [0, 0.1) is 5.82 Å². The molecule has 2 rings (SSSR count). The standard InChI is InChI=1S/C14H20FN3O.ClH/c1-10(11-2-4-12(15)5-3-11)17-14(19)9-18-7-6-13(16)8-18;/h2-5,10,13H,6-9,16H2,1H3,(H,17,19);1H. The van der Waals surface area contributed by atoms with Crippen molar-refractivity contribution in [2.75, 3.05) is 19.6 Å². The van der Waals surface area contributed by atoms with Gasteiger partial charge >= 0.3 is 0 Å². The first-order chi connectivity index (χ1) is 9.04. The molecule has 0 spiro atoms. The van der Waals surface area contributed by atoms with Crippen LogP contribution in [0.5, 0.6) is 0 Å². The molecular weight excluding hydrogens is 281 g/mol. The van der Waals surface area contributed by atoms with E-state index < -0.39 is 0 Å². The van der Waals surface area contributed by atoms with Gasteiger partial charge in [0.05, 0.1) is 12.6 Å². The number of amides is 1. The molecule has 1 aliphatic rings. The van der Waals surface area contributed by atoms with Gasteiger partial charge in [-0.3, -0.25) is 9.69 Å². The molecule has 1 aliphatic heterocycles. The van der Waals surface area contributed by atoms with Gasteiger partial charge in [-0.25, -0.2) is 4.39 Å². The van der Waals surface area contributed by atoms with E-state index in [0.717, 1.165) is 25.1 Å². The van der Waals surface area contributed by atoms with Crippen LogP contribution >= 0.6 is 12.4 Å². The minimum atomic E-state index is -0.270. The van der Waals surface area contributed by atoms with Crippen LogP contribution in [-0.2, 0) is 4.79 Å².